The Morgan fingerprint density at radius 3 is 2.78 bits per heavy atom. The van der Waals surface area contributed by atoms with Crippen molar-refractivity contribution in [2.24, 2.45) is 5.92 Å². The Bertz CT molecular complexity index is 784. The van der Waals surface area contributed by atoms with Gasteiger partial charge in [-0.15, -0.1) is 0 Å². The van der Waals surface area contributed by atoms with Gasteiger partial charge in [-0.25, -0.2) is 4.39 Å². The molecule has 5 heteroatoms. The van der Waals surface area contributed by atoms with E-state index in [4.69, 9.17) is 11.6 Å². The second-order valence-electron chi connectivity index (χ2n) is 6.59. The maximum atomic E-state index is 14.0. The number of hydrogen-bond acceptors (Lipinski definition) is 2. The van der Waals surface area contributed by atoms with Crippen LogP contribution in [0, 0.1) is 11.7 Å². The maximum absolute atomic E-state index is 14.0. The third-order valence-electron chi connectivity index (χ3n) is 5.00. The molecule has 0 spiro atoms. The Labute approximate surface area is 139 Å². The average Bonchev–Trinajstić information content (AvgIpc) is 2.52. The number of likely N-dealkylation sites (tertiary alicyclic amines) is 1. The molecular formula is C18H18ClFN2O. The van der Waals surface area contributed by atoms with Crippen molar-refractivity contribution in [3.8, 4) is 0 Å². The summed E-state index contributed by atoms with van der Waals surface area (Å²) in [6.07, 6.45) is 1.10. The molecule has 2 bridgehead atoms. The van der Waals surface area contributed by atoms with Crippen LogP contribution in [0.4, 0.5) is 4.39 Å². The van der Waals surface area contributed by atoms with Crippen molar-refractivity contribution < 1.29 is 4.39 Å². The van der Waals surface area contributed by atoms with Crippen molar-refractivity contribution in [2.45, 2.75) is 25.4 Å². The number of piperidine rings is 1. The standard InChI is InChI=1S/C18H18ClFN2O/c19-15-3-1-4-16(20)14(15)11-21-8-12-7-13(10-21)17-5-2-6-18(23)22(17)9-12/h1-6,12-13H,7-11H2/t12-,13-/m0/s1. The van der Waals surface area contributed by atoms with E-state index in [1.807, 2.05) is 16.7 Å². The normalized spacial score (nSPS) is 23.6. The summed E-state index contributed by atoms with van der Waals surface area (Å²) >= 11 is 6.16. The SMILES string of the molecule is O=c1cccc2n1C[C@H]1C[C@H]2CN(Cc2c(F)cccc2Cl)C1. The molecule has 3 nitrogen and oxygen atoms in total. The minimum Gasteiger partial charge on any atom is -0.312 e. The quantitative estimate of drug-likeness (QED) is 0.843. The van der Waals surface area contributed by atoms with Crippen LogP contribution >= 0.6 is 11.6 Å². The molecule has 1 aromatic heterocycles. The second-order valence-corrected chi connectivity index (χ2v) is 7.00. The molecule has 1 aromatic carbocycles. The molecule has 1 fully saturated rings. The van der Waals surface area contributed by atoms with Crippen LogP contribution in [0.1, 0.15) is 23.6 Å². The first kappa shape index (κ1) is 14.9. The average molecular weight is 333 g/mol. The zero-order valence-electron chi connectivity index (χ0n) is 12.7. The van der Waals surface area contributed by atoms with Crippen LogP contribution in [0.3, 0.4) is 0 Å². The highest BCUT2D eigenvalue weighted by atomic mass is 35.5. The molecule has 2 aliphatic rings. The van der Waals surface area contributed by atoms with Gasteiger partial charge in [0.05, 0.1) is 0 Å². The van der Waals surface area contributed by atoms with Crippen molar-refractivity contribution in [1.29, 1.82) is 0 Å². The van der Waals surface area contributed by atoms with Gasteiger partial charge in [0, 0.05) is 54.4 Å². The van der Waals surface area contributed by atoms with Crippen molar-refractivity contribution in [3.63, 3.8) is 0 Å². The molecule has 0 saturated carbocycles. The van der Waals surface area contributed by atoms with E-state index in [9.17, 15) is 9.18 Å². The zero-order chi connectivity index (χ0) is 16.0. The van der Waals surface area contributed by atoms with Crippen LogP contribution in [-0.4, -0.2) is 22.6 Å². The van der Waals surface area contributed by atoms with Gasteiger partial charge in [0.25, 0.3) is 5.56 Å². The molecule has 120 valence electrons. The Morgan fingerprint density at radius 1 is 1.13 bits per heavy atom. The van der Waals surface area contributed by atoms with E-state index in [-0.39, 0.29) is 11.4 Å². The third-order valence-corrected chi connectivity index (χ3v) is 5.35. The Hall–Kier alpha value is -1.65. The summed E-state index contributed by atoms with van der Waals surface area (Å²) in [6.45, 7) is 3.00. The van der Waals surface area contributed by atoms with E-state index >= 15 is 0 Å². The monoisotopic (exact) mass is 332 g/mol. The highest BCUT2D eigenvalue weighted by Gasteiger charge is 2.34. The number of rotatable bonds is 2. The van der Waals surface area contributed by atoms with Crippen molar-refractivity contribution in [3.05, 3.63) is 68.8 Å². The van der Waals surface area contributed by atoms with Gasteiger partial charge in [-0.05, 0) is 30.5 Å². The number of hydrogen-bond donors (Lipinski definition) is 0. The van der Waals surface area contributed by atoms with Crippen LogP contribution in [0.5, 0.6) is 0 Å². The number of pyridine rings is 1. The summed E-state index contributed by atoms with van der Waals surface area (Å²) in [5, 5.41) is 0.484. The first-order chi connectivity index (χ1) is 11.1. The van der Waals surface area contributed by atoms with Gasteiger partial charge in [0.1, 0.15) is 5.82 Å². The predicted octanol–water partition coefficient (Wildman–Crippen LogP) is 3.26. The molecule has 0 aliphatic carbocycles. The molecule has 0 radical (unpaired) electrons. The fourth-order valence-corrected chi connectivity index (χ4v) is 4.25. The van der Waals surface area contributed by atoms with E-state index in [1.165, 1.54) is 6.07 Å². The lowest BCUT2D eigenvalue weighted by atomic mass is 9.83. The predicted molar refractivity (Wildman–Crippen MR) is 88.2 cm³/mol. The molecule has 1 saturated heterocycles. The van der Waals surface area contributed by atoms with E-state index in [0.717, 1.165) is 31.7 Å². The lowest BCUT2D eigenvalue weighted by Crippen LogP contribution is -2.46. The van der Waals surface area contributed by atoms with Gasteiger partial charge >= 0.3 is 0 Å². The van der Waals surface area contributed by atoms with Crippen molar-refractivity contribution in [2.75, 3.05) is 13.1 Å². The Balaban J connectivity index is 1.60. The molecule has 0 N–H and O–H groups in total. The van der Waals surface area contributed by atoms with Gasteiger partial charge < -0.3 is 4.57 Å². The molecule has 3 heterocycles. The fourth-order valence-electron chi connectivity index (χ4n) is 4.03. The molecule has 0 unspecified atom stereocenters. The lowest BCUT2D eigenvalue weighted by molar-refractivity contribution is 0.113. The number of nitrogens with zero attached hydrogens (tertiary/aromatic N) is 2. The number of benzene rings is 1. The van der Waals surface area contributed by atoms with E-state index in [2.05, 4.69) is 4.90 Å². The summed E-state index contributed by atoms with van der Waals surface area (Å²) in [4.78, 5) is 14.3. The Kier molecular flexibility index (Phi) is 3.74. The second kappa shape index (κ2) is 5.77. The highest BCUT2D eigenvalue weighted by Crippen LogP contribution is 2.36. The Morgan fingerprint density at radius 2 is 1.96 bits per heavy atom. The van der Waals surface area contributed by atoms with Crippen molar-refractivity contribution >= 4 is 11.6 Å². The largest absolute Gasteiger partial charge is 0.312 e. The van der Waals surface area contributed by atoms with E-state index in [0.29, 0.717) is 29.0 Å². The fraction of sp³-hybridized carbons (Fsp3) is 0.389. The van der Waals surface area contributed by atoms with Crippen molar-refractivity contribution in [1.82, 2.24) is 9.47 Å². The molecule has 2 atom stereocenters. The minimum atomic E-state index is -0.246. The van der Waals surface area contributed by atoms with Crippen LogP contribution < -0.4 is 5.56 Å². The number of fused-ring (bicyclic) bond motifs is 4. The summed E-state index contributed by atoms with van der Waals surface area (Å²) in [5.41, 5.74) is 1.76. The summed E-state index contributed by atoms with van der Waals surface area (Å²) < 4.78 is 15.9. The van der Waals surface area contributed by atoms with Gasteiger partial charge in [-0.1, -0.05) is 23.7 Å². The van der Waals surface area contributed by atoms with Gasteiger partial charge in [0.2, 0.25) is 0 Å². The van der Waals surface area contributed by atoms with Crippen LogP contribution in [0.15, 0.2) is 41.2 Å². The van der Waals surface area contributed by atoms with Crippen LogP contribution in [0.25, 0.3) is 0 Å². The number of halogens is 2. The molecule has 2 aliphatic heterocycles. The molecule has 23 heavy (non-hydrogen) atoms. The van der Waals surface area contributed by atoms with E-state index in [1.54, 1.807) is 18.2 Å². The summed E-state index contributed by atoms with van der Waals surface area (Å²) in [6, 6.07) is 10.3. The van der Waals surface area contributed by atoms with Gasteiger partial charge in [0.15, 0.2) is 0 Å². The summed E-state index contributed by atoms with van der Waals surface area (Å²) in [5.74, 6) is 0.527. The van der Waals surface area contributed by atoms with E-state index < -0.39 is 0 Å². The highest BCUT2D eigenvalue weighted by molar-refractivity contribution is 6.31. The van der Waals surface area contributed by atoms with Crippen LogP contribution in [0.2, 0.25) is 5.02 Å². The lowest BCUT2D eigenvalue weighted by Gasteiger charge is -2.42. The molecule has 4 rings (SSSR count). The zero-order valence-corrected chi connectivity index (χ0v) is 13.5. The van der Waals surface area contributed by atoms with Gasteiger partial charge in [-0.3, -0.25) is 9.69 Å². The van der Waals surface area contributed by atoms with Gasteiger partial charge in [-0.2, -0.15) is 0 Å². The summed E-state index contributed by atoms with van der Waals surface area (Å²) in [7, 11) is 0. The number of aromatic nitrogens is 1. The first-order valence-electron chi connectivity index (χ1n) is 7.97. The minimum absolute atomic E-state index is 0.0859. The maximum Gasteiger partial charge on any atom is 0.250 e. The van der Waals surface area contributed by atoms with Crippen LogP contribution in [-0.2, 0) is 13.1 Å². The smallest absolute Gasteiger partial charge is 0.250 e. The molecular weight excluding hydrogens is 315 g/mol. The topological polar surface area (TPSA) is 25.2 Å². The first-order valence-corrected chi connectivity index (χ1v) is 8.34. The third kappa shape index (κ3) is 2.70. The molecule has 2 aromatic rings. The molecule has 0 amide bonds.